The Morgan fingerprint density at radius 1 is 0.429 bits per heavy atom. The molecule has 0 radical (unpaired) electrons. The van der Waals surface area contributed by atoms with Crippen molar-refractivity contribution >= 4 is 0 Å². The molecule has 0 aliphatic heterocycles. The highest BCUT2D eigenvalue weighted by molar-refractivity contribution is 4.99. The summed E-state index contributed by atoms with van der Waals surface area (Å²) in [5.41, 5.74) is 0. The van der Waals surface area contributed by atoms with Crippen molar-refractivity contribution in [2.45, 2.75) is 39.3 Å². The van der Waals surface area contributed by atoms with E-state index in [1.54, 1.807) is 0 Å². The molecule has 1 rings (SSSR count). The van der Waals surface area contributed by atoms with Gasteiger partial charge >= 0.3 is 18.5 Å². The van der Waals surface area contributed by atoms with Crippen LogP contribution in [0.25, 0.3) is 0 Å². The van der Waals surface area contributed by atoms with E-state index in [9.17, 15) is 39.5 Å². The topological polar surface area (TPSA) is 0 Å². The van der Waals surface area contributed by atoms with Gasteiger partial charge in [-0.05, 0) is 17.8 Å². The van der Waals surface area contributed by atoms with E-state index in [4.69, 9.17) is 0 Å². The molecule has 1 aliphatic carbocycles. The van der Waals surface area contributed by atoms with Crippen molar-refractivity contribution in [1.82, 2.24) is 0 Å². The largest absolute Gasteiger partial charge is 0.392 e. The molecule has 0 aromatic heterocycles. The van der Waals surface area contributed by atoms with Crippen LogP contribution in [0.2, 0.25) is 0 Å². The minimum absolute atomic E-state index is 0.609. The first-order valence-corrected chi connectivity index (χ1v) is 6.30. The summed E-state index contributed by atoms with van der Waals surface area (Å²) < 4.78 is 117. The van der Waals surface area contributed by atoms with Crippen LogP contribution >= 0.6 is 0 Å². The molecule has 1 saturated carbocycles. The fraction of sp³-hybridized carbons (Fsp3) is 1.00. The highest BCUT2D eigenvalue weighted by Crippen LogP contribution is 2.59. The van der Waals surface area contributed by atoms with Gasteiger partial charge in [0, 0.05) is 0 Å². The molecule has 1 fully saturated rings. The first kappa shape index (κ1) is 18.4. The van der Waals surface area contributed by atoms with Crippen molar-refractivity contribution in [1.29, 1.82) is 0 Å². The molecule has 0 saturated heterocycles. The lowest BCUT2D eigenvalue weighted by Crippen LogP contribution is -2.57. The number of hydrogen-bond donors (Lipinski definition) is 0. The van der Waals surface area contributed by atoms with Crippen LogP contribution in [-0.2, 0) is 0 Å². The van der Waals surface area contributed by atoms with Crippen LogP contribution in [0.15, 0.2) is 0 Å². The zero-order valence-electron chi connectivity index (χ0n) is 11.4. The van der Waals surface area contributed by atoms with Crippen LogP contribution in [0.3, 0.4) is 0 Å². The quantitative estimate of drug-likeness (QED) is 0.519. The summed E-state index contributed by atoms with van der Waals surface area (Å²) >= 11 is 0. The molecule has 9 heteroatoms. The minimum atomic E-state index is -5.34. The Kier molecular flexibility index (Phi) is 4.58. The Morgan fingerprint density at radius 2 is 0.667 bits per heavy atom. The zero-order valence-corrected chi connectivity index (χ0v) is 11.4. The summed E-state index contributed by atoms with van der Waals surface area (Å²) in [5, 5.41) is 0. The van der Waals surface area contributed by atoms with Gasteiger partial charge in [-0.1, -0.05) is 20.8 Å². The van der Waals surface area contributed by atoms with Gasteiger partial charge in [0.1, 0.15) is 0 Å². The maximum absolute atomic E-state index is 13.0. The van der Waals surface area contributed by atoms with Crippen molar-refractivity contribution in [2.24, 2.45) is 35.5 Å². The summed E-state index contributed by atoms with van der Waals surface area (Å²) in [6.45, 7) is 2.36. The van der Waals surface area contributed by atoms with Crippen molar-refractivity contribution in [2.75, 3.05) is 0 Å². The molecule has 5 unspecified atom stereocenters. The van der Waals surface area contributed by atoms with E-state index in [-0.39, 0.29) is 0 Å². The highest BCUT2D eigenvalue weighted by atomic mass is 19.4. The van der Waals surface area contributed by atoms with Crippen LogP contribution in [-0.4, -0.2) is 18.5 Å². The normalized spacial score (nSPS) is 39.4. The van der Waals surface area contributed by atoms with Gasteiger partial charge in [0.05, 0.1) is 17.8 Å². The first-order valence-electron chi connectivity index (χ1n) is 6.30. The number of rotatable bonds is 0. The zero-order chi connectivity index (χ0) is 17.0. The summed E-state index contributed by atoms with van der Waals surface area (Å²) in [7, 11) is 0. The third-order valence-electron chi connectivity index (χ3n) is 4.62. The van der Waals surface area contributed by atoms with E-state index in [1.165, 1.54) is 0 Å². The smallest absolute Gasteiger partial charge is 0.171 e. The second-order valence-electron chi connectivity index (χ2n) is 5.78. The third-order valence-corrected chi connectivity index (χ3v) is 4.62. The van der Waals surface area contributed by atoms with E-state index >= 15 is 0 Å². The number of hydrogen-bond acceptors (Lipinski definition) is 0. The van der Waals surface area contributed by atoms with Gasteiger partial charge in [-0.3, -0.25) is 0 Å². The monoisotopic (exact) mass is 330 g/mol. The van der Waals surface area contributed by atoms with E-state index in [1.807, 2.05) is 0 Å². The second kappa shape index (κ2) is 5.22. The summed E-state index contributed by atoms with van der Waals surface area (Å²) in [4.78, 5) is 0. The van der Waals surface area contributed by atoms with Gasteiger partial charge in [0.15, 0.2) is 0 Å². The Bertz CT molecular complexity index is 364. The molecule has 0 spiro atoms. The molecule has 0 N–H and O–H groups in total. The van der Waals surface area contributed by atoms with Crippen molar-refractivity contribution in [3.63, 3.8) is 0 Å². The van der Waals surface area contributed by atoms with Crippen LogP contribution in [0.4, 0.5) is 39.5 Å². The van der Waals surface area contributed by atoms with E-state index in [0.29, 0.717) is 6.92 Å². The molecule has 0 nitrogen and oxygen atoms in total. The minimum Gasteiger partial charge on any atom is -0.171 e. The standard InChI is InChI=1S/C12H15F9/c1-4-5(2)8(11(16,17)18)9(12(19,20)21)6(3)7(4)10(13,14)15/h4-9H,1-3H3/t4?,5-,6?,7?,8?,9?/m1/s1. The Hall–Kier alpha value is -0.630. The lowest BCUT2D eigenvalue weighted by Gasteiger charge is -2.50. The van der Waals surface area contributed by atoms with Gasteiger partial charge in [0.2, 0.25) is 0 Å². The first-order chi connectivity index (χ1) is 9.10. The molecule has 1 aliphatic rings. The SMILES string of the molecule is CC1C(C(F)(F)F)C(C)[C@@H](C)C(C(F)(F)F)C1C(F)(F)F. The molecular formula is C12H15F9. The number of halogens is 9. The molecule has 21 heavy (non-hydrogen) atoms. The lowest BCUT2D eigenvalue weighted by molar-refractivity contribution is -0.321. The second-order valence-corrected chi connectivity index (χ2v) is 5.78. The average molecular weight is 330 g/mol. The molecular weight excluding hydrogens is 315 g/mol. The maximum atomic E-state index is 13.0. The molecule has 0 bridgehead atoms. The van der Waals surface area contributed by atoms with Gasteiger partial charge in [-0.25, -0.2) is 0 Å². The molecule has 6 atom stereocenters. The van der Waals surface area contributed by atoms with Crippen molar-refractivity contribution in [3.8, 4) is 0 Å². The lowest BCUT2D eigenvalue weighted by atomic mass is 9.57. The van der Waals surface area contributed by atoms with Crippen molar-refractivity contribution < 1.29 is 39.5 Å². The molecule has 0 amide bonds. The van der Waals surface area contributed by atoms with Crippen LogP contribution < -0.4 is 0 Å². The fourth-order valence-electron chi connectivity index (χ4n) is 3.61. The summed E-state index contributed by atoms with van der Waals surface area (Å²) in [5.74, 6) is -13.7. The van der Waals surface area contributed by atoms with E-state index in [0.717, 1.165) is 13.8 Å². The van der Waals surface area contributed by atoms with Gasteiger partial charge in [-0.2, -0.15) is 39.5 Å². The predicted octanol–water partition coefficient (Wildman–Crippen LogP) is 5.44. The van der Waals surface area contributed by atoms with Crippen LogP contribution in [0, 0.1) is 35.5 Å². The molecule has 0 heterocycles. The van der Waals surface area contributed by atoms with Gasteiger partial charge < -0.3 is 0 Å². The van der Waals surface area contributed by atoms with E-state index in [2.05, 4.69) is 0 Å². The molecule has 0 aromatic carbocycles. The summed E-state index contributed by atoms with van der Waals surface area (Å²) in [6, 6.07) is 0. The highest BCUT2D eigenvalue weighted by Gasteiger charge is 2.67. The average Bonchev–Trinajstić information content (AvgIpc) is 2.17. The predicted molar refractivity (Wildman–Crippen MR) is 56.1 cm³/mol. The molecule has 0 aromatic rings. The van der Waals surface area contributed by atoms with Gasteiger partial charge in [0.25, 0.3) is 0 Å². The van der Waals surface area contributed by atoms with Crippen LogP contribution in [0.1, 0.15) is 20.8 Å². The third kappa shape index (κ3) is 3.41. The maximum Gasteiger partial charge on any atom is 0.392 e. The van der Waals surface area contributed by atoms with E-state index < -0.39 is 54.0 Å². The van der Waals surface area contributed by atoms with Crippen LogP contribution in [0.5, 0.6) is 0 Å². The fourth-order valence-corrected chi connectivity index (χ4v) is 3.61. The number of alkyl halides is 9. The van der Waals surface area contributed by atoms with Crippen molar-refractivity contribution in [3.05, 3.63) is 0 Å². The Labute approximate surface area is 115 Å². The Morgan fingerprint density at radius 3 is 0.952 bits per heavy atom. The summed E-state index contributed by atoms with van der Waals surface area (Å²) in [6.07, 6.45) is -15.5. The molecule has 126 valence electrons. The Balaban J connectivity index is 3.39. The van der Waals surface area contributed by atoms with Gasteiger partial charge in [-0.15, -0.1) is 0 Å².